The van der Waals surface area contributed by atoms with Crippen LogP contribution in [0, 0.1) is 0 Å². The molecule has 0 aliphatic rings. The maximum atomic E-state index is 11.3. The molecular weight excluding hydrogens is 308 g/mol. The second kappa shape index (κ2) is 7.43. The molecule has 0 aromatic carbocycles. The van der Waals surface area contributed by atoms with E-state index in [0.29, 0.717) is 12.8 Å². The third-order valence-corrected chi connectivity index (χ3v) is 11.1. The maximum absolute atomic E-state index is 11.3. The van der Waals surface area contributed by atoms with Gasteiger partial charge in [-0.15, -0.1) is 0 Å². The van der Waals surface area contributed by atoms with E-state index < -0.39 is 37.2 Å². The zero-order chi connectivity index (χ0) is 16.2. The smallest absolute Gasteiger partial charge is 0.345 e. The van der Waals surface area contributed by atoms with E-state index in [-0.39, 0.29) is 0 Å². The Morgan fingerprint density at radius 1 is 1.15 bits per heavy atom. The van der Waals surface area contributed by atoms with E-state index in [1.807, 2.05) is 46.2 Å². The third kappa shape index (κ3) is 6.74. The molecule has 8 heteroatoms. The number of aliphatic hydroxyl groups is 2. The van der Waals surface area contributed by atoms with Crippen LogP contribution >= 0.6 is 0 Å². The average Bonchev–Trinajstić information content (AvgIpc) is 2.23. The molecule has 0 aromatic heterocycles. The molecule has 5 nitrogen and oxygen atoms in total. The highest BCUT2D eigenvalue weighted by Gasteiger charge is 2.51. The van der Waals surface area contributed by atoms with Crippen LogP contribution in [0.2, 0.25) is 39.3 Å². The van der Waals surface area contributed by atoms with Crippen LogP contribution < -0.4 is 0 Å². The van der Waals surface area contributed by atoms with Crippen molar-refractivity contribution in [1.29, 1.82) is 0 Å². The van der Waals surface area contributed by atoms with E-state index in [4.69, 9.17) is 8.23 Å². The average molecular weight is 338 g/mol. The van der Waals surface area contributed by atoms with Crippen molar-refractivity contribution in [3.05, 3.63) is 0 Å². The second-order valence-corrected chi connectivity index (χ2v) is 18.9. The molecule has 0 aliphatic carbocycles. The molecule has 0 rings (SSSR count). The Bertz CT molecular complexity index is 297. The van der Waals surface area contributed by atoms with Gasteiger partial charge in [0, 0.05) is 0 Å². The Hall–Kier alpha value is 0.161. The van der Waals surface area contributed by atoms with Crippen LogP contribution in [0.25, 0.3) is 0 Å². The molecular formula is C12H29O5Si3. The van der Waals surface area contributed by atoms with Crippen molar-refractivity contribution in [3.63, 3.8) is 0 Å². The molecule has 2 unspecified atom stereocenters. The molecule has 0 aliphatic heterocycles. The Morgan fingerprint density at radius 3 is 1.80 bits per heavy atom. The third-order valence-electron chi connectivity index (χ3n) is 2.51. The van der Waals surface area contributed by atoms with Gasteiger partial charge in [-0.1, -0.05) is 13.3 Å². The zero-order valence-electron chi connectivity index (χ0n) is 13.7. The maximum Gasteiger partial charge on any atom is 0.345 e. The van der Waals surface area contributed by atoms with E-state index in [0.717, 1.165) is 0 Å². The van der Waals surface area contributed by atoms with Crippen LogP contribution in [0.3, 0.4) is 0 Å². The van der Waals surface area contributed by atoms with E-state index in [1.54, 1.807) is 6.29 Å². The van der Waals surface area contributed by atoms with Gasteiger partial charge in [0.25, 0.3) is 0 Å². The van der Waals surface area contributed by atoms with Gasteiger partial charge in [0.05, 0.1) is 6.10 Å². The van der Waals surface area contributed by atoms with Crippen LogP contribution in [0.5, 0.6) is 0 Å². The predicted molar refractivity (Wildman–Crippen MR) is 87.6 cm³/mol. The normalized spacial score (nSPS) is 17.9. The summed E-state index contributed by atoms with van der Waals surface area (Å²) in [7, 11) is -6.81. The van der Waals surface area contributed by atoms with Gasteiger partial charge in [0.1, 0.15) is 0 Å². The van der Waals surface area contributed by atoms with E-state index >= 15 is 0 Å². The SMILES string of the molecule is CCCC(O)C(O)([C]=O)[SiH](O[Si](C)(C)C)O[Si](C)(C)C. The minimum absolute atomic E-state index is 0.319. The van der Waals surface area contributed by atoms with Gasteiger partial charge in [0.2, 0.25) is 6.29 Å². The molecule has 0 bridgehead atoms. The van der Waals surface area contributed by atoms with Crippen LogP contribution in [0.15, 0.2) is 0 Å². The summed E-state index contributed by atoms with van der Waals surface area (Å²) in [6, 6.07) is 0. The fraction of sp³-hybridized carbons (Fsp3) is 0.917. The summed E-state index contributed by atoms with van der Waals surface area (Å²) in [4.78, 5) is 11.3. The molecule has 20 heavy (non-hydrogen) atoms. The fourth-order valence-corrected chi connectivity index (χ4v) is 9.39. The summed E-state index contributed by atoms with van der Waals surface area (Å²) in [6.07, 6.45) is 1.41. The van der Waals surface area contributed by atoms with Crippen molar-refractivity contribution in [2.24, 2.45) is 0 Å². The van der Waals surface area contributed by atoms with E-state index in [2.05, 4.69) is 0 Å². The first-order chi connectivity index (χ1) is 8.85. The minimum atomic E-state index is -2.80. The van der Waals surface area contributed by atoms with Gasteiger partial charge < -0.3 is 18.4 Å². The lowest BCUT2D eigenvalue weighted by Gasteiger charge is -2.39. The lowest BCUT2D eigenvalue weighted by Crippen LogP contribution is -2.63. The molecule has 0 heterocycles. The van der Waals surface area contributed by atoms with Crippen molar-refractivity contribution < 1.29 is 23.2 Å². The van der Waals surface area contributed by atoms with Gasteiger partial charge in [-0.05, 0) is 45.7 Å². The molecule has 119 valence electrons. The summed E-state index contributed by atoms with van der Waals surface area (Å²) in [6.45, 7) is 13.7. The first kappa shape index (κ1) is 20.2. The van der Waals surface area contributed by atoms with Crippen molar-refractivity contribution in [2.45, 2.75) is 70.4 Å². The molecule has 2 N–H and O–H groups in total. The summed E-state index contributed by atoms with van der Waals surface area (Å²) in [5, 5.41) is 18.7. The number of rotatable bonds is 9. The molecule has 0 saturated heterocycles. The summed E-state index contributed by atoms with van der Waals surface area (Å²) in [5.41, 5.74) is 0. The number of hydrogen-bond donors (Lipinski definition) is 2. The zero-order valence-corrected chi connectivity index (χ0v) is 16.8. The first-order valence-corrected chi connectivity index (χ1v) is 15.3. The second-order valence-electron chi connectivity index (χ2n) is 7.02. The Morgan fingerprint density at radius 2 is 1.55 bits per heavy atom. The van der Waals surface area contributed by atoms with Gasteiger partial charge >= 0.3 is 9.28 Å². The molecule has 0 saturated carbocycles. The van der Waals surface area contributed by atoms with Gasteiger partial charge in [-0.25, -0.2) is 0 Å². The first-order valence-electron chi connectivity index (χ1n) is 7.01. The summed E-state index contributed by atoms with van der Waals surface area (Å²) >= 11 is 0. The summed E-state index contributed by atoms with van der Waals surface area (Å²) < 4.78 is 11.9. The lowest BCUT2D eigenvalue weighted by atomic mass is 10.1. The topological polar surface area (TPSA) is 76.0 Å². The highest BCUT2D eigenvalue weighted by Crippen LogP contribution is 2.24. The summed E-state index contributed by atoms with van der Waals surface area (Å²) in [5.74, 6) is 0. The van der Waals surface area contributed by atoms with E-state index in [9.17, 15) is 15.0 Å². The lowest BCUT2D eigenvalue weighted by molar-refractivity contribution is 0.00389. The monoisotopic (exact) mass is 337 g/mol. The van der Waals surface area contributed by atoms with Crippen molar-refractivity contribution >= 4 is 32.2 Å². The Balaban J connectivity index is 5.38. The molecule has 0 aromatic rings. The van der Waals surface area contributed by atoms with Crippen molar-refractivity contribution in [1.82, 2.24) is 0 Å². The fourth-order valence-electron chi connectivity index (χ4n) is 1.61. The highest BCUT2D eigenvalue weighted by atomic mass is 28.4. The molecule has 0 amide bonds. The molecule has 1 radical (unpaired) electrons. The van der Waals surface area contributed by atoms with Crippen molar-refractivity contribution in [3.8, 4) is 0 Å². The van der Waals surface area contributed by atoms with Gasteiger partial charge in [-0.2, -0.15) is 0 Å². The van der Waals surface area contributed by atoms with Crippen LogP contribution in [0.4, 0.5) is 0 Å². The molecule has 0 fully saturated rings. The van der Waals surface area contributed by atoms with Crippen LogP contribution in [-0.2, 0) is 13.0 Å². The van der Waals surface area contributed by atoms with Crippen molar-refractivity contribution in [2.75, 3.05) is 0 Å². The Kier molecular flexibility index (Phi) is 7.49. The van der Waals surface area contributed by atoms with Crippen LogP contribution in [-0.4, -0.2) is 53.7 Å². The standard InChI is InChI=1S/C12H29O5Si3/c1-8-9-11(14)12(15,10-13)18(16-19(2,3)4)17-20(5,6)7/h11,14-15,18H,8-9H2,1-7H3. The van der Waals surface area contributed by atoms with Gasteiger partial charge in [-0.3, -0.25) is 4.79 Å². The number of aliphatic hydroxyl groups excluding tert-OH is 1. The van der Waals surface area contributed by atoms with Crippen LogP contribution in [0.1, 0.15) is 19.8 Å². The number of hydrogen-bond acceptors (Lipinski definition) is 5. The predicted octanol–water partition coefficient (Wildman–Crippen LogP) is 1.45. The number of carbonyl (C=O) groups excluding carboxylic acids is 1. The highest BCUT2D eigenvalue weighted by molar-refractivity contribution is 6.82. The Labute approximate surface area is 126 Å². The molecule has 2 atom stereocenters. The quantitative estimate of drug-likeness (QED) is 0.623. The largest absolute Gasteiger partial charge is 0.437 e. The van der Waals surface area contributed by atoms with Gasteiger partial charge in [0.15, 0.2) is 21.9 Å². The van der Waals surface area contributed by atoms with E-state index in [1.165, 1.54) is 0 Å². The molecule has 0 spiro atoms. The minimum Gasteiger partial charge on any atom is -0.437 e.